The zero-order chi connectivity index (χ0) is 21.5. The molecular weight excluding hydrogens is 398 g/mol. The number of ether oxygens (including phenoxy) is 2. The van der Waals surface area contributed by atoms with Crippen molar-refractivity contribution in [2.45, 2.75) is 6.42 Å². The van der Waals surface area contributed by atoms with E-state index in [0.717, 1.165) is 16.8 Å². The molecule has 3 heterocycles. The van der Waals surface area contributed by atoms with Gasteiger partial charge in [-0.3, -0.25) is 9.78 Å². The third-order valence-corrected chi connectivity index (χ3v) is 4.85. The van der Waals surface area contributed by atoms with Crippen LogP contribution in [0.2, 0.25) is 0 Å². The lowest BCUT2D eigenvalue weighted by Gasteiger charge is -2.26. The predicted octanol–water partition coefficient (Wildman–Crippen LogP) is 2.47. The van der Waals surface area contributed by atoms with Crippen molar-refractivity contribution in [2.24, 2.45) is 0 Å². The Labute approximate surface area is 179 Å². The highest BCUT2D eigenvalue weighted by Gasteiger charge is 2.20. The maximum atomic E-state index is 12.2. The minimum atomic E-state index is -0.0365. The van der Waals surface area contributed by atoms with Crippen LogP contribution in [0.4, 0.5) is 0 Å². The van der Waals surface area contributed by atoms with Crippen LogP contribution >= 0.6 is 0 Å². The first kappa shape index (κ1) is 20.8. The van der Waals surface area contributed by atoms with E-state index >= 15 is 0 Å². The third kappa shape index (κ3) is 5.19. The highest BCUT2D eigenvalue weighted by atomic mass is 16.5. The summed E-state index contributed by atoms with van der Waals surface area (Å²) in [6.07, 6.45) is 5.98. The van der Waals surface area contributed by atoms with Gasteiger partial charge in [0.25, 0.3) is 5.89 Å². The van der Waals surface area contributed by atoms with Crippen molar-refractivity contribution >= 4 is 11.5 Å². The van der Waals surface area contributed by atoms with Gasteiger partial charge in [0.15, 0.2) is 0 Å². The summed E-state index contributed by atoms with van der Waals surface area (Å²) in [6, 6.07) is 9.56. The van der Waals surface area contributed by atoms with Crippen molar-refractivity contribution in [1.82, 2.24) is 25.1 Å². The lowest BCUT2D eigenvalue weighted by molar-refractivity contribution is -0.136. The van der Waals surface area contributed by atoms with Gasteiger partial charge in [-0.1, -0.05) is 24.3 Å². The largest absolute Gasteiger partial charge is 0.415 e. The lowest BCUT2D eigenvalue weighted by Crippen LogP contribution is -2.37. The van der Waals surface area contributed by atoms with Crippen molar-refractivity contribution < 1.29 is 18.7 Å². The van der Waals surface area contributed by atoms with Crippen molar-refractivity contribution in [3.63, 3.8) is 0 Å². The van der Waals surface area contributed by atoms with Gasteiger partial charge in [-0.05, 0) is 24.1 Å². The quantitative estimate of drug-likeness (QED) is 0.511. The second-order valence-corrected chi connectivity index (χ2v) is 6.93. The molecule has 160 valence electrons. The molecule has 9 heteroatoms. The number of carbonyl (C=O) groups excluding carboxylic acids is 1. The van der Waals surface area contributed by atoms with Crippen LogP contribution in [0.3, 0.4) is 0 Å². The second-order valence-electron chi connectivity index (χ2n) is 6.93. The van der Waals surface area contributed by atoms with E-state index < -0.39 is 0 Å². The van der Waals surface area contributed by atoms with Crippen molar-refractivity contribution in [3.05, 3.63) is 54.5 Å². The molecule has 1 aliphatic heterocycles. The van der Waals surface area contributed by atoms with E-state index in [0.29, 0.717) is 50.2 Å². The minimum absolute atomic E-state index is 0.0365. The zero-order valence-electron chi connectivity index (χ0n) is 17.2. The molecule has 0 unspecified atom stereocenters. The molecule has 0 radical (unpaired) electrons. The van der Waals surface area contributed by atoms with Gasteiger partial charge in [-0.15, -0.1) is 10.2 Å². The Bertz CT molecular complexity index is 1050. The van der Waals surface area contributed by atoms with Crippen LogP contribution in [0.15, 0.2) is 53.2 Å². The van der Waals surface area contributed by atoms with Crippen molar-refractivity contribution in [3.8, 4) is 23.0 Å². The van der Waals surface area contributed by atoms with E-state index in [4.69, 9.17) is 13.9 Å². The van der Waals surface area contributed by atoms with Crippen LogP contribution in [0.1, 0.15) is 12.1 Å². The Morgan fingerprint density at radius 3 is 2.68 bits per heavy atom. The molecule has 0 aliphatic carbocycles. The fraction of sp³-hybridized carbons (Fsp3) is 0.318. The van der Waals surface area contributed by atoms with Crippen LogP contribution in [0, 0.1) is 0 Å². The fourth-order valence-corrected chi connectivity index (χ4v) is 3.17. The highest BCUT2D eigenvalue weighted by Crippen LogP contribution is 2.25. The topological polar surface area (TPSA) is 103 Å². The molecule has 0 fully saturated rings. The summed E-state index contributed by atoms with van der Waals surface area (Å²) >= 11 is 0. The molecule has 3 aromatic rings. The number of aromatic nitrogens is 4. The van der Waals surface area contributed by atoms with Gasteiger partial charge in [0.1, 0.15) is 12.3 Å². The SMILES string of the molecule is COCCOCC(=O)N1CC=C(c2cncc(-c3nnc(-c4ccccc4)o3)n2)CC1. The third-order valence-electron chi connectivity index (χ3n) is 4.85. The van der Waals surface area contributed by atoms with Crippen LogP contribution < -0.4 is 0 Å². The second kappa shape index (κ2) is 10.1. The number of hydrogen-bond acceptors (Lipinski definition) is 8. The molecule has 9 nitrogen and oxygen atoms in total. The summed E-state index contributed by atoms with van der Waals surface area (Å²) in [5.74, 6) is 0.710. The monoisotopic (exact) mass is 421 g/mol. The van der Waals surface area contributed by atoms with E-state index in [-0.39, 0.29) is 12.5 Å². The normalized spacial score (nSPS) is 13.8. The van der Waals surface area contributed by atoms with E-state index in [2.05, 4.69) is 20.2 Å². The maximum Gasteiger partial charge on any atom is 0.268 e. The van der Waals surface area contributed by atoms with Crippen LogP contribution in [-0.2, 0) is 14.3 Å². The molecule has 1 aromatic carbocycles. The number of carbonyl (C=O) groups is 1. The summed E-state index contributed by atoms with van der Waals surface area (Å²) < 4.78 is 16.0. The number of nitrogens with zero attached hydrogens (tertiary/aromatic N) is 5. The van der Waals surface area contributed by atoms with Gasteiger partial charge in [0.05, 0.1) is 31.3 Å². The number of benzene rings is 1. The summed E-state index contributed by atoms with van der Waals surface area (Å²) in [6.45, 7) is 2.04. The van der Waals surface area contributed by atoms with Gasteiger partial charge in [-0.2, -0.15) is 0 Å². The summed E-state index contributed by atoms with van der Waals surface area (Å²) in [4.78, 5) is 22.9. The summed E-state index contributed by atoms with van der Waals surface area (Å²) in [5.41, 5.74) is 3.12. The molecule has 0 N–H and O–H groups in total. The van der Waals surface area contributed by atoms with Crippen LogP contribution in [0.25, 0.3) is 28.6 Å². The Morgan fingerprint density at radius 1 is 1.10 bits per heavy atom. The first-order valence-electron chi connectivity index (χ1n) is 10.00. The highest BCUT2D eigenvalue weighted by molar-refractivity contribution is 5.79. The smallest absolute Gasteiger partial charge is 0.268 e. The molecular formula is C22H23N5O4. The first-order valence-corrected chi connectivity index (χ1v) is 10.00. The van der Waals surface area contributed by atoms with E-state index in [1.54, 1.807) is 24.4 Å². The molecule has 2 aromatic heterocycles. The summed E-state index contributed by atoms with van der Waals surface area (Å²) in [7, 11) is 1.60. The van der Waals surface area contributed by atoms with Crippen LogP contribution in [-0.4, -0.2) is 71.0 Å². The molecule has 1 aliphatic rings. The number of amides is 1. The van der Waals surface area contributed by atoms with E-state index in [9.17, 15) is 4.79 Å². The van der Waals surface area contributed by atoms with Gasteiger partial charge in [0, 0.05) is 25.8 Å². The number of rotatable bonds is 8. The Morgan fingerprint density at radius 2 is 1.90 bits per heavy atom. The Balaban J connectivity index is 1.42. The van der Waals surface area contributed by atoms with Crippen molar-refractivity contribution in [2.75, 3.05) is 40.0 Å². The zero-order valence-corrected chi connectivity index (χ0v) is 17.2. The molecule has 0 bridgehead atoms. The van der Waals surface area contributed by atoms with Gasteiger partial charge in [-0.25, -0.2) is 4.98 Å². The molecule has 0 saturated heterocycles. The van der Waals surface area contributed by atoms with Crippen molar-refractivity contribution in [1.29, 1.82) is 0 Å². The van der Waals surface area contributed by atoms with Gasteiger partial charge >= 0.3 is 0 Å². The average Bonchev–Trinajstić information content (AvgIpc) is 3.33. The predicted molar refractivity (Wildman–Crippen MR) is 113 cm³/mol. The fourth-order valence-electron chi connectivity index (χ4n) is 3.17. The Hall–Kier alpha value is -3.43. The summed E-state index contributed by atoms with van der Waals surface area (Å²) in [5, 5.41) is 8.22. The lowest BCUT2D eigenvalue weighted by atomic mass is 10.1. The minimum Gasteiger partial charge on any atom is -0.415 e. The molecule has 31 heavy (non-hydrogen) atoms. The first-order chi connectivity index (χ1) is 15.2. The number of hydrogen-bond donors (Lipinski definition) is 0. The van der Waals surface area contributed by atoms with Crippen LogP contribution in [0.5, 0.6) is 0 Å². The molecule has 1 amide bonds. The standard InChI is InChI=1S/C22H23N5O4/c1-29-11-12-30-15-20(28)27-9-7-16(8-10-27)18-13-23-14-19(24-18)22-26-25-21(31-22)17-5-3-2-4-6-17/h2-7,13-14H,8-12,15H2,1H3. The molecule has 4 rings (SSSR count). The molecule has 0 atom stereocenters. The average molecular weight is 421 g/mol. The van der Waals surface area contributed by atoms with Gasteiger partial charge in [0.2, 0.25) is 11.8 Å². The number of methoxy groups -OCH3 is 1. The maximum absolute atomic E-state index is 12.2. The molecule has 0 spiro atoms. The van der Waals surface area contributed by atoms with E-state index in [1.807, 2.05) is 36.4 Å². The van der Waals surface area contributed by atoms with E-state index in [1.165, 1.54) is 0 Å². The molecule has 0 saturated carbocycles. The van der Waals surface area contributed by atoms with Gasteiger partial charge < -0.3 is 18.8 Å². The Kier molecular flexibility index (Phi) is 6.75.